The second-order valence-electron chi connectivity index (χ2n) is 5.04. The standard InChI is InChI=1S/C14H22N2O3S/c1-4-6-14(19,7-5-2)8-12(18)16-13-15-9-11(20-13)10(3)17/h9,19H,4-8H2,1-3H3,(H,15,16,18). The van der Waals surface area contributed by atoms with E-state index >= 15 is 0 Å². The van der Waals surface area contributed by atoms with E-state index in [9.17, 15) is 14.7 Å². The normalized spacial score (nSPS) is 11.4. The van der Waals surface area contributed by atoms with Gasteiger partial charge in [0.1, 0.15) is 0 Å². The van der Waals surface area contributed by atoms with Crippen LogP contribution >= 0.6 is 11.3 Å². The molecular weight excluding hydrogens is 276 g/mol. The number of rotatable bonds is 8. The van der Waals surface area contributed by atoms with Gasteiger partial charge in [0.2, 0.25) is 5.91 Å². The molecule has 20 heavy (non-hydrogen) atoms. The van der Waals surface area contributed by atoms with Crippen LogP contribution in [0.2, 0.25) is 0 Å². The van der Waals surface area contributed by atoms with Gasteiger partial charge in [0.05, 0.1) is 23.1 Å². The van der Waals surface area contributed by atoms with Crippen molar-refractivity contribution >= 4 is 28.2 Å². The second kappa shape index (κ2) is 7.50. The number of nitrogens with one attached hydrogen (secondary N) is 1. The Labute approximate surface area is 123 Å². The van der Waals surface area contributed by atoms with Crippen LogP contribution in [0.1, 0.15) is 62.5 Å². The number of hydrogen-bond donors (Lipinski definition) is 2. The van der Waals surface area contributed by atoms with Crippen molar-refractivity contribution in [2.75, 3.05) is 5.32 Å². The van der Waals surface area contributed by atoms with Gasteiger partial charge in [-0.05, 0) is 12.8 Å². The molecule has 0 aromatic carbocycles. The predicted molar refractivity (Wildman–Crippen MR) is 80.1 cm³/mol. The minimum absolute atomic E-state index is 0.0592. The fraction of sp³-hybridized carbons (Fsp3) is 0.643. The summed E-state index contributed by atoms with van der Waals surface area (Å²) in [6.07, 6.45) is 4.37. The van der Waals surface area contributed by atoms with Crippen LogP contribution in [0.4, 0.5) is 5.13 Å². The molecule has 112 valence electrons. The van der Waals surface area contributed by atoms with Crippen LogP contribution in [-0.4, -0.2) is 27.4 Å². The monoisotopic (exact) mass is 298 g/mol. The lowest BCUT2D eigenvalue weighted by Gasteiger charge is -2.26. The SMILES string of the molecule is CCCC(O)(CCC)CC(=O)Nc1ncc(C(C)=O)s1. The molecular formula is C14H22N2O3S. The Morgan fingerprint density at radius 3 is 2.40 bits per heavy atom. The van der Waals surface area contributed by atoms with Crippen molar-refractivity contribution in [3.05, 3.63) is 11.1 Å². The summed E-state index contributed by atoms with van der Waals surface area (Å²) in [6, 6.07) is 0. The molecule has 0 unspecified atom stereocenters. The van der Waals surface area contributed by atoms with E-state index < -0.39 is 5.60 Å². The molecule has 5 nitrogen and oxygen atoms in total. The molecule has 0 aliphatic rings. The van der Waals surface area contributed by atoms with Gasteiger partial charge in [0.15, 0.2) is 10.9 Å². The highest BCUT2D eigenvalue weighted by Crippen LogP contribution is 2.25. The molecule has 0 aliphatic carbocycles. The topological polar surface area (TPSA) is 79.3 Å². The molecule has 1 aromatic rings. The maximum Gasteiger partial charge on any atom is 0.229 e. The zero-order chi connectivity index (χ0) is 15.2. The van der Waals surface area contributed by atoms with Gasteiger partial charge in [-0.3, -0.25) is 9.59 Å². The lowest BCUT2D eigenvalue weighted by molar-refractivity contribution is -0.121. The summed E-state index contributed by atoms with van der Waals surface area (Å²) < 4.78 is 0. The average Bonchev–Trinajstić information content (AvgIpc) is 2.77. The summed E-state index contributed by atoms with van der Waals surface area (Å²) in [6.45, 7) is 5.43. The number of amides is 1. The second-order valence-corrected chi connectivity index (χ2v) is 6.07. The molecule has 0 bridgehead atoms. The van der Waals surface area contributed by atoms with E-state index in [-0.39, 0.29) is 18.1 Å². The summed E-state index contributed by atoms with van der Waals surface area (Å²) in [7, 11) is 0. The Kier molecular flexibility index (Phi) is 6.29. The van der Waals surface area contributed by atoms with Gasteiger partial charge in [-0.15, -0.1) is 0 Å². The van der Waals surface area contributed by atoms with Crippen molar-refractivity contribution in [3.8, 4) is 0 Å². The summed E-state index contributed by atoms with van der Waals surface area (Å²) in [5.74, 6) is -0.338. The number of nitrogens with zero attached hydrogens (tertiary/aromatic N) is 1. The minimum Gasteiger partial charge on any atom is -0.389 e. The predicted octanol–water partition coefficient (Wildman–Crippen LogP) is 3.01. The molecule has 1 heterocycles. The molecule has 0 fully saturated rings. The number of aromatic nitrogens is 1. The highest BCUT2D eigenvalue weighted by molar-refractivity contribution is 7.17. The highest BCUT2D eigenvalue weighted by atomic mass is 32.1. The molecule has 0 radical (unpaired) electrons. The Bertz CT molecular complexity index is 465. The first-order valence-electron chi connectivity index (χ1n) is 6.89. The van der Waals surface area contributed by atoms with Gasteiger partial charge in [-0.25, -0.2) is 4.98 Å². The summed E-state index contributed by atoms with van der Waals surface area (Å²) >= 11 is 1.15. The zero-order valence-corrected chi connectivity index (χ0v) is 13.0. The first-order valence-corrected chi connectivity index (χ1v) is 7.71. The molecule has 0 atom stereocenters. The van der Waals surface area contributed by atoms with E-state index in [4.69, 9.17) is 0 Å². The molecule has 2 N–H and O–H groups in total. The van der Waals surface area contributed by atoms with Crippen molar-refractivity contribution in [1.29, 1.82) is 0 Å². The molecule has 1 aromatic heterocycles. The van der Waals surface area contributed by atoms with Crippen molar-refractivity contribution in [3.63, 3.8) is 0 Å². The summed E-state index contributed by atoms with van der Waals surface area (Å²) in [5, 5.41) is 13.5. The Balaban J connectivity index is 2.62. The number of thiazole rings is 1. The van der Waals surface area contributed by atoms with Crippen LogP contribution < -0.4 is 5.32 Å². The maximum absolute atomic E-state index is 12.0. The van der Waals surface area contributed by atoms with Crippen LogP contribution in [0.25, 0.3) is 0 Å². The lowest BCUT2D eigenvalue weighted by Crippen LogP contribution is -2.33. The number of carbonyl (C=O) groups excluding carboxylic acids is 2. The third-order valence-electron chi connectivity index (χ3n) is 3.02. The number of anilines is 1. The molecule has 0 spiro atoms. The van der Waals surface area contributed by atoms with Crippen molar-refractivity contribution in [1.82, 2.24) is 4.98 Å². The number of carbonyl (C=O) groups is 2. The van der Waals surface area contributed by atoms with E-state index in [0.29, 0.717) is 22.9 Å². The van der Waals surface area contributed by atoms with Crippen LogP contribution in [0.5, 0.6) is 0 Å². The van der Waals surface area contributed by atoms with Crippen molar-refractivity contribution < 1.29 is 14.7 Å². The van der Waals surface area contributed by atoms with E-state index in [1.54, 1.807) is 0 Å². The van der Waals surface area contributed by atoms with Crippen molar-refractivity contribution in [2.24, 2.45) is 0 Å². The lowest BCUT2D eigenvalue weighted by atomic mass is 9.89. The summed E-state index contributed by atoms with van der Waals surface area (Å²) in [4.78, 5) is 27.6. The third kappa shape index (κ3) is 5.02. The van der Waals surface area contributed by atoms with E-state index in [1.165, 1.54) is 13.1 Å². The minimum atomic E-state index is -0.950. The first-order chi connectivity index (χ1) is 9.40. The van der Waals surface area contributed by atoms with Crippen molar-refractivity contribution in [2.45, 2.75) is 58.5 Å². The Morgan fingerprint density at radius 1 is 1.35 bits per heavy atom. The zero-order valence-electron chi connectivity index (χ0n) is 12.2. The van der Waals surface area contributed by atoms with Gasteiger partial charge in [0.25, 0.3) is 0 Å². The van der Waals surface area contributed by atoms with Crippen LogP contribution in [0, 0.1) is 0 Å². The number of aliphatic hydroxyl groups is 1. The summed E-state index contributed by atoms with van der Waals surface area (Å²) in [5.41, 5.74) is -0.950. The van der Waals surface area contributed by atoms with E-state index in [2.05, 4.69) is 10.3 Å². The smallest absolute Gasteiger partial charge is 0.229 e. The van der Waals surface area contributed by atoms with Gasteiger partial charge >= 0.3 is 0 Å². The molecule has 1 rings (SSSR count). The van der Waals surface area contributed by atoms with Crippen LogP contribution in [0.3, 0.4) is 0 Å². The van der Waals surface area contributed by atoms with Gasteiger partial charge in [-0.1, -0.05) is 38.0 Å². The first kappa shape index (κ1) is 16.8. The number of Topliss-reactive ketones (excluding diaryl/α,β-unsaturated/α-hetero) is 1. The van der Waals surface area contributed by atoms with Gasteiger partial charge in [0, 0.05) is 6.92 Å². The molecule has 0 saturated heterocycles. The molecule has 0 aliphatic heterocycles. The average molecular weight is 298 g/mol. The fourth-order valence-corrected chi connectivity index (χ4v) is 2.92. The van der Waals surface area contributed by atoms with Crippen LogP contribution in [-0.2, 0) is 4.79 Å². The van der Waals surface area contributed by atoms with E-state index in [0.717, 1.165) is 24.2 Å². The van der Waals surface area contributed by atoms with Gasteiger partial charge in [-0.2, -0.15) is 0 Å². The largest absolute Gasteiger partial charge is 0.389 e. The number of ketones is 1. The quantitative estimate of drug-likeness (QED) is 0.723. The van der Waals surface area contributed by atoms with Crippen LogP contribution in [0.15, 0.2) is 6.20 Å². The molecule has 1 amide bonds. The van der Waals surface area contributed by atoms with Gasteiger partial charge < -0.3 is 10.4 Å². The maximum atomic E-state index is 12.0. The fourth-order valence-electron chi connectivity index (χ4n) is 2.19. The molecule has 6 heteroatoms. The molecule has 0 saturated carbocycles. The number of hydrogen-bond acceptors (Lipinski definition) is 5. The Morgan fingerprint density at radius 2 is 1.95 bits per heavy atom. The van der Waals surface area contributed by atoms with E-state index in [1.807, 2.05) is 13.8 Å². The highest BCUT2D eigenvalue weighted by Gasteiger charge is 2.28. The Hall–Kier alpha value is -1.27. The third-order valence-corrected chi connectivity index (χ3v) is 4.03.